The Morgan fingerprint density at radius 3 is 2.79 bits per heavy atom. The van der Waals surface area contributed by atoms with Crippen molar-refractivity contribution in [1.82, 2.24) is 0 Å². The third kappa shape index (κ3) is 2.11. The van der Waals surface area contributed by atoms with E-state index >= 15 is 0 Å². The molecule has 0 aliphatic heterocycles. The fourth-order valence-electron chi connectivity index (χ4n) is 1.09. The van der Waals surface area contributed by atoms with Gasteiger partial charge in [-0.3, -0.25) is 4.79 Å². The maximum atomic E-state index is 13.5. The third-order valence-electron chi connectivity index (χ3n) is 1.90. The highest BCUT2D eigenvalue weighted by atomic mass is 35.5. The van der Waals surface area contributed by atoms with Gasteiger partial charge in [0.25, 0.3) is 0 Å². The number of ether oxygens (including phenoxy) is 1. The largest absolute Gasteiger partial charge is 0.377 e. The van der Waals surface area contributed by atoms with Gasteiger partial charge in [0.05, 0.1) is 5.56 Å². The first-order valence-electron chi connectivity index (χ1n) is 4.04. The number of benzene rings is 1. The molecule has 0 unspecified atom stereocenters. The van der Waals surface area contributed by atoms with Crippen LogP contribution in [0.3, 0.4) is 0 Å². The van der Waals surface area contributed by atoms with Crippen LogP contribution in [-0.2, 0) is 4.74 Å². The van der Waals surface area contributed by atoms with Crippen molar-refractivity contribution in [3.8, 4) is 0 Å². The lowest BCUT2D eigenvalue weighted by atomic mass is 10.1. The van der Waals surface area contributed by atoms with E-state index in [4.69, 9.17) is 11.6 Å². The van der Waals surface area contributed by atoms with E-state index in [1.54, 1.807) is 0 Å². The number of halogens is 2. The van der Waals surface area contributed by atoms with Crippen LogP contribution in [0.2, 0.25) is 5.02 Å². The molecule has 0 bridgehead atoms. The molecule has 0 N–H and O–H groups in total. The minimum atomic E-state index is -0.570. The van der Waals surface area contributed by atoms with Crippen LogP contribution in [-0.4, -0.2) is 19.5 Å². The SMILES string of the molecule is COCC(=O)c1ccc(Cl)c(C)c1F. The second-order valence-electron chi connectivity index (χ2n) is 2.89. The van der Waals surface area contributed by atoms with Crippen molar-refractivity contribution < 1.29 is 13.9 Å². The van der Waals surface area contributed by atoms with E-state index in [9.17, 15) is 9.18 Å². The van der Waals surface area contributed by atoms with Crippen LogP contribution < -0.4 is 0 Å². The van der Waals surface area contributed by atoms with Crippen molar-refractivity contribution in [3.05, 3.63) is 34.1 Å². The van der Waals surface area contributed by atoms with Gasteiger partial charge in [-0.2, -0.15) is 0 Å². The fourth-order valence-corrected chi connectivity index (χ4v) is 1.23. The predicted molar refractivity (Wildman–Crippen MR) is 52.4 cm³/mol. The van der Waals surface area contributed by atoms with Gasteiger partial charge in [0.1, 0.15) is 12.4 Å². The molecule has 0 aliphatic rings. The summed E-state index contributed by atoms with van der Waals surface area (Å²) in [5.74, 6) is -0.954. The van der Waals surface area contributed by atoms with Crippen LogP contribution in [0.15, 0.2) is 12.1 Å². The van der Waals surface area contributed by atoms with Crippen molar-refractivity contribution in [2.45, 2.75) is 6.92 Å². The molecule has 1 rings (SSSR count). The van der Waals surface area contributed by atoms with Gasteiger partial charge in [-0.05, 0) is 19.1 Å². The lowest BCUT2D eigenvalue weighted by molar-refractivity contribution is 0.0843. The van der Waals surface area contributed by atoms with Gasteiger partial charge in [-0.1, -0.05) is 11.6 Å². The Labute approximate surface area is 86.6 Å². The number of Topliss-reactive ketones (excluding diaryl/α,β-unsaturated/α-hetero) is 1. The maximum Gasteiger partial charge on any atom is 0.191 e. The molecule has 76 valence electrons. The molecule has 4 heteroatoms. The summed E-state index contributed by atoms with van der Waals surface area (Å²) in [6, 6.07) is 2.87. The molecule has 1 aromatic rings. The summed E-state index contributed by atoms with van der Waals surface area (Å²) >= 11 is 5.69. The zero-order valence-electron chi connectivity index (χ0n) is 7.93. The van der Waals surface area contributed by atoms with Crippen molar-refractivity contribution in [2.24, 2.45) is 0 Å². The molecule has 0 atom stereocenters. The normalized spacial score (nSPS) is 10.3. The highest BCUT2D eigenvalue weighted by Gasteiger charge is 2.14. The quantitative estimate of drug-likeness (QED) is 0.726. The van der Waals surface area contributed by atoms with Gasteiger partial charge in [-0.25, -0.2) is 4.39 Å². The van der Waals surface area contributed by atoms with E-state index in [2.05, 4.69) is 4.74 Å². The Kier molecular flexibility index (Phi) is 3.61. The second-order valence-corrected chi connectivity index (χ2v) is 3.30. The summed E-state index contributed by atoms with van der Waals surface area (Å²) in [6.45, 7) is 1.40. The molecule has 0 amide bonds. The van der Waals surface area contributed by atoms with Gasteiger partial charge in [-0.15, -0.1) is 0 Å². The zero-order chi connectivity index (χ0) is 10.7. The summed E-state index contributed by atoms with van der Waals surface area (Å²) in [7, 11) is 1.39. The summed E-state index contributed by atoms with van der Waals surface area (Å²) in [4.78, 5) is 11.3. The number of methoxy groups -OCH3 is 1. The number of carbonyl (C=O) groups excluding carboxylic acids is 1. The Bertz CT molecular complexity index is 363. The van der Waals surface area contributed by atoms with Crippen LogP contribution in [0.5, 0.6) is 0 Å². The highest BCUT2D eigenvalue weighted by Crippen LogP contribution is 2.21. The number of ketones is 1. The Morgan fingerprint density at radius 2 is 2.21 bits per heavy atom. The predicted octanol–water partition coefficient (Wildman–Crippen LogP) is 2.62. The van der Waals surface area contributed by atoms with E-state index in [0.29, 0.717) is 5.02 Å². The first-order chi connectivity index (χ1) is 6.57. The molecule has 0 saturated carbocycles. The number of hydrogen-bond donors (Lipinski definition) is 0. The standard InChI is InChI=1S/C10H10ClFO2/c1-6-8(11)4-3-7(10(6)12)9(13)5-14-2/h3-4H,5H2,1-2H3. The topological polar surface area (TPSA) is 26.3 Å². The third-order valence-corrected chi connectivity index (χ3v) is 2.31. The van der Waals surface area contributed by atoms with Gasteiger partial charge in [0, 0.05) is 17.7 Å². The Morgan fingerprint density at radius 1 is 1.57 bits per heavy atom. The fraction of sp³-hybridized carbons (Fsp3) is 0.300. The molecule has 0 spiro atoms. The van der Waals surface area contributed by atoms with E-state index in [-0.39, 0.29) is 23.5 Å². The van der Waals surface area contributed by atoms with Crippen LogP contribution in [0, 0.1) is 12.7 Å². The average Bonchev–Trinajstić information content (AvgIpc) is 2.15. The molecule has 0 saturated heterocycles. The van der Waals surface area contributed by atoms with Crippen molar-refractivity contribution >= 4 is 17.4 Å². The minimum Gasteiger partial charge on any atom is -0.377 e. The maximum absolute atomic E-state index is 13.5. The van der Waals surface area contributed by atoms with Gasteiger partial charge in [0.2, 0.25) is 0 Å². The molecular formula is C10H10ClFO2. The lowest BCUT2D eigenvalue weighted by Crippen LogP contribution is -2.10. The molecule has 2 nitrogen and oxygen atoms in total. The van der Waals surface area contributed by atoms with E-state index in [0.717, 1.165) is 0 Å². The second kappa shape index (κ2) is 4.53. The monoisotopic (exact) mass is 216 g/mol. The van der Waals surface area contributed by atoms with Crippen molar-refractivity contribution in [3.63, 3.8) is 0 Å². The molecule has 0 heterocycles. The Balaban J connectivity index is 3.11. The molecule has 0 radical (unpaired) electrons. The van der Waals surface area contributed by atoms with E-state index in [1.165, 1.54) is 26.2 Å². The number of carbonyl (C=O) groups is 1. The highest BCUT2D eigenvalue weighted by molar-refractivity contribution is 6.31. The molecule has 1 aromatic carbocycles. The van der Waals surface area contributed by atoms with Crippen LogP contribution >= 0.6 is 11.6 Å². The summed E-state index contributed by atoms with van der Waals surface area (Å²) in [5, 5.41) is 0.316. The van der Waals surface area contributed by atoms with Gasteiger partial charge >= 0.3 is 0 Å². The van der Waals surface area contributed by atoms with E-state index < -0.39 is 5.82 Å². The first kappa shape index (κ1) is 11.1. The number of hydrogen-bond acceptors (Lipinski definition) is 2. The smallest absolute Gasteiger partial charge is 0.191 e. The Hall–Kier alpha value is -0.930. The van der Waals surface area contributed by atoms with Gasteiger partial charge in [0.15, 0.2) is 5.78 Å². The lowest BCUT2D eigenvalue weighted by Gasteiger charge is -2.05. The van der Waals surface area contributed by atoms with Crippen LogP contribution in [0.1, 0.15) is 15.9 Å². The summed E-state index contributed by atoms with van der Waals surface area (Å²) in [6.07, 6.45) is 0. The van der Waals surface area contributed by atoms with Crippen LogP contribution in [0.25, 0.3) is 0 Å². The molecule has 0 aliphatic carbocycles. The molecule has 0 aromatic heterocycles. The molecule has 14 heavy (non-hydrogen) atoms. The summed E-state index contributed by atoms with van der Waals surface area (Å²) < 4.78 is 18.1. The van der Waals surface area contributed by atoms with Gasteiger partial charge < -0.3 is 4.74 Å². The van der Waals surface area contributed by atoms with Crippen molar-refractivity contribution in [1.29, 1.82) is 0 Å². The summed E-state index contributed by atoms with van der Waals surface area (Å²) in [5.41, 5.74) is 0.308. The molecule has 0 fully saturated rings. The first-order valence-corrected chi connectivity index (χ1v) is 4.42. The minimum absolute atomic E-state index is 0.0220. The number of rotatable bonds is 3. The zero-order valence-corrected chi connectivity index (χ0v) is 8.69. The van der Waals surface area contributed by atoms with Crippen molar-refractivity contribution in [2.75, 3.05) is 13.7 Å². The van der Waals surface area contributed by atoms with E-state index in [1.807, 2.05) is 0 Å². The molecular weight excluding hydrogens is 207 g/mol. The van der Waals surface area contributed by atoms with Crippen LogP contribution in [0.4, 0.5) is 4.39 Å². The average molecular weight is 217 g/mol.